The van der Waals surface area contributed by atoms with Crippen LogP contribution in [-0.2, 0) is 9.53 Å². The first-order chi connectivity index (χ1) is 10.6. The third-order valence-electron chi connectivity index (χ3n) is 3.42. The van der Waals surface area contributed by atoms with Gasteiger partial charge in [-0.15, -0.1) is 0 Å². The summed E-state index contributed by atoms with van der Waals surface area (Å²) in [6, 6.07) is 3.31. The first kappa shape index (κ1) is 14.3. The standard InChI is InChI=1S/C14H14N4O4/c19-12(16-7-10-4-2-6-22-10)13(20)18-8-9-3-1-5-15-11(9)17-14(18)21/h1,3,5,8,10H,2,4,6-7H2,(H,16,19). The van der Waals surface area contributed by atoms with Crippen molar-refractivity contribution in [2.75, 3.05) is 13.2 Å². The van der Waals surface area contributed by atoms with Crippen molar-refractivity contribution in [2.45, 2.75) is 18.9 Å². The molecule has 1 fully saturated rings. The van der Waals surface area contributed by atoms with Gasteiger partial charge in [0.15, 0.2) is 5.65 Å². The zero-order chi connectivity index (χ0) is 15.5. The number of amides is 1. The van der Waals surface area contributed by atoms with Gasteiger partial charge in [-0.2, -0.15) is 4.98 Å². The van der Waals surface area contributed by atoms with Crippen LogP contribution in [0.2, 0.25) is 0 Å². The minimum atomic E-state index is -0.971. The highest BCUT2D eigenvalue weighted by Gasteiger charge is 2.21. The molecular weight excluding hydrogens is 288 g/mol. The molecule has 1 atom stereocenters. The summed E-state index contributed by atoms with van der Waals surface area (Å²) < 4.78 is 6.04. The first-order valence-electron chi connectivity index (χ1n) is 6.94. The Kier molecular flexibility index (Phi) is 3.92. The van der Waals surface area contributed by atoms with Crippen LogP contribution in [0.5, 0.6) is 0 Å². The van der Waals surface area contributed by atoms with Gasteiger partial charge in [0.1, 0.15) is 0 Å². The molecule has 1 amide bonds. The van der Waals surface area contributed by atoms with E-state index < -0.39 is 17.5 Å². The molecule has 3 heterocycles. The number of carbonyl (C=O) groups is 2. The van der Waals surface area contributed by atoms with E-state index in [9.17, 15) is 14.4 Å². The molecule has 8 heteroatoms. The zero-order valence-electron chi connectivity index (χ0n) is 11.7. The highest BCUT2D eigenvalue weighted by atomic mass is 16.5. The topological polar surface area (TPSA) is 103 Å². The quantitative estimate of drug-likeness (QED) is 0.766. The van der Waals surface area contributed by atoms with Gasteiger partial charge in [-0.1, -0.05) is 0 Å². The van der Waals surface area contributed by atoms with Crippen LogP contribution in [0.1, 0.15) is 17.6 Å². The van der Waals surface area contributed by atoms with Crippen molar-refractivity contribution in [1.82, 2.24) is 19.9 Å². The van der Waals surface area contributed by atoms with Crippen molar-refractivity contribution in [3.8, 4) is 0 Å². The van der Waals surface area contributed by atoms with E-state index in [0.29, 0.717) is 16.6 Å². The molecule has 2 aromatic heterocycles. The van der Waals surface area contributed by atoms with Crippen LogP contribution in [0.4, 0.5) is 0 Å². The SMILES string of the molecule is O=C(NCC1CCCO1)C(=O)n1cc2cccnc2nc1=O. The molecule has 22 heavy (non-hydrogen) atoms. The molecule has 3 rings (SSSR count). The number of hydrogen-bond acceptors (Lipinski definition) is 6. The summed E-state index contributed by atoms with van der Waals surface area (Å²) in [6.45, 7) is 0.914. The maximum Gasteiger partial charge on any atom is 0.356 e. The smallest absolute Gasteiger partial charge is 0.356 e. The van der Waals surface area contributed by atoms with E-state index in [2.05, 4.69) is 15.3 Å². The second kappa shape index (κ2) is 6.02. The first-order valence-corrected chi connectivity index (χ1v) is 6.94. The van der Waals surface area contributed by atoms with Crippen LogP contribution in [0.3, 0.4) is 0 Å². The summed E-state index contributed by atoms with van der Waals surface area (Å²) in [4.78, 5) is 43.4. The van der Waals surface area contributed by atoms with Crippen LogP contribution in [0.15, 0.2) is 29.3 Å². The van der Waals surface area contributed by atoms with Gasteiger partial charge in [0.05, 0.1) is 6.10 Å². The van der Waals surface area contributed by atoms with E-state index >= 15 is 0 Å². The van der Waals surface area contributed by atoms with Gasteiger partial charge in [0.2, 0.25) is 0 Å². The molecule has 0 radical (unpaired) electrons. The van der Waals surface area contributed by atoms with Crippen LogP contribution in [0.25, 0.3) is 11.0 Å². The summed E-state index contributed by atoms with van der Waals surface area (Å²) >= 11 is 0. The molecule has 0 bridgehead atoms. The van der Waals surface area contributed by atoms with Crippen LogP contribution >= 0.6 is 0 Å². The monoisotopic (exact) mass is 302 g/mol. The minimum absolute atomic E-state index is 0.0765. The predicted octanol–water partition coefficient (Wildman–Crippen LogP) is -0.273. The van der Waals surface area contributed by atoms with Gasteiger partial charge in [0, 0.05) is 30.9 Å². The van der Waals surface area contributed by atoms with Crippen molar-refractivity contribution in [3.05, 3.63) is 35.0 Å². The van der Waals surface area contributed by atoms with Gasteiger partial charge in [0.25, 0.3) is 0 Å². The predicted molar refractivity (Wildman–Crippen MR) is 76.4 cm³/mol. The normalized spacial score (nSPS) is 17.5. The third kappa shape index (κ3) is 2.86. The summed E-state index contributed by atoms with van der Waals surface area (Å²) in [5, 5.41) is 2.98. The summed E-state index contributed by atoms with van der Waals surface area (Å²) in [6.07, 6.45) is 4.47. The fourth-order valence-corrected chi connectivity index (χ4v) is 2.28. The lowest BCUT2D eigenvalue weighted by Crippen LogP contribution is -2.42. The Hall–Kier alpha value is -2.61. The van der Waals surface area contributed by atoms with Crippen molar-refractivity contribution in [3.63, 3.8) is 0 Å². The number of pyridine rings is 1. The van der Waals surface area contributed by atoms with Crippen molar-refractivity contribution < 1.29 is 14.3 Å². The number of carbonyl (C=O) groups excluding carboxylic acids is 2. The Morgan fingerprint density at radius 1 is 1.45 bits per heavy atom. The molecule has 0 saturated carbocycles. The molecule has 0 aromatic carbocycles. The molecule has 1 unspecified atom stereocenters. The van der Waals surface area contributed by atoms with E-state index in [4.69, 9.17) is 4.74 Å². The van der Waals surface area contributed by atoms with Crippen LogP contribution in [-0.4, -0.2) is 45.6 Å². The van der Waals surface area contributed by atoms with E-state index in [1.807, 2.05) is 0 Å². The van der Waals surface area contributed by atoms with Crippen molar-refractivity contribution in [1.29, 1.82) is 0 Å². The number of hydrogen-bond donors (Lipinski definition) is 1. The Morgan fingerprint density at radius 2 is 2.32 bits per heavy atom. The van der Waals surface area contributed by atoms with Crippen molar-refractivity contribution >= 4 is 22.8 Å². The van der Waals surface area contributed by atoms with Gasteiger partial charge < -0.3 is 10.1 Å². The molecular formula is C14H14N4O4. The molecule has 8 nitrogen and oxygen atoms in total. The Morgan fingerprint density at radius 3 is 3.09 bits per heavy atom. The average Bonchev–Trinajstić information content (AvgIpc) is 3.04. The Balaban J connectivity index is 1.77. The number of rotatable bonds is 2. The zero-order valence-corrected chi connectivity index (χ0v) is 11.7. The highest BCUT2D eigenvalue weighted by Crippen LogP contribution is 2.10. The molecule has 0 aliphatic carbocycles. The highest BCUT2D eigenvalue weighted by molar-refractivity contribution is 6.36. The lowest BCUT2D eigenvalue weighted by molar-refractivity contribution is -0.118. The van der Waals surface area contributed by atoms with Crippen LogP contribution in [0, 0.1) is 0 Å². The Labute approximate surface area is 125 Å². The van der Waals surface area contributed by atoms with Gasteiger partial charge >= 0.3 is 17.5 Å². The fourth-order valence-electron chi connectivity index (χ4n) is 2.28. The number of ether oxygens (including phenoxy) is 1. The lowest BCUT2D eigenvalue weighted by atomic mass is 10.2. The second-order valence-corrected chi connectivity index (χ2v) is 4.96. The van der Waals surface area contributed by atoms with Gasteiger partial charge in [-0.25, -0.2) is 14.3 Å². The average molecular weight is 302 g/mol. The minimum Gasteiger partial charge on any atom is -0.376 e. The molecule has 1 aliphatic heterocycles. The third-order valence-corrected chi connectivity index (χ3v) is 3.42. The molecule has 0 spiro atoms. The number of nitrogens with one attached hydrogen (secondary N) is 1. The summed E-state index contributed by atoms with van der Waals surface area (Å²) in [7, 11) is 0. The van der Waals surface area contributed by atoms with E-state index in [1.165, 1.54) is 12.4 Å². The summed E-state index contributed by atoms with van der Waals surface area (Å²) in [5.74, 6) is -1.83. The maximum atomic E-state index is 12.1. The van der Waals surface area contributed by atoms with E-state index in [1.54, 1.807) is 12.1 Å². The maximum absolute atomic E-state index is 12.1. The Bertz CT molecular complexity index is 780. The largest absolute Gasteiger partial charge is 0.376 e. The molecule has 114 valence electrons. The lowest BCUT2D eigenvalue weighted by Gasteiger charge is -2.10. The molecule has 1 aliphatic rings. The fraction of sp³-hybridized carbons (Fsp3) is 0.357. The molecule has 1 N–H and O–H groups in total. The number of aromatic nitrogens is 3. The van der Waals surface area contributed by atoms with Gasteiger partial charge in [-0.05, 0) is 25.0 Å². The van der Waals surface area contributed by atoms with E-state index in [-0.39, 0.29) is 18.3 Å². The molecule has 2 aromatic rings. The molecule has 1 saturated heterocycles. The number of nitrogens with zero attached hydrogens (tertiary/aromatic N) is 3. The van der Waals surface area contributed by atoms with Crippen molar-refractivity contribution in [2.24, 2.45) is 0 Å². The van der Waals surface area contributed by atoms with E-state index in [0.717, 1.165) is 12.8 Å². The number of fused-ring (bicyclic) bond motifs is 1. The van der Waals surface area contributed by atoms with Gasteiger partial charge in [-0.3, -0.25) is 9.59 Å². The van der Waals surface area contributed by atoms with Crippen LogP contribution < -0.4 is 11.0 Å². The summed E-state index contributed by atoms with van der Waals surface area (Å²) in [5.41, 5.74) is -0.597. The second-order valence-electron chi connectivity index (χ2n) is 4.96.